The number of amides is 2. The largest absolute Gasteiger partial charge is 0.494 e. The fourth-order valence-corrected chi connectivity index (χ4v) is 3.04. The van der Waals surface area contributed by atoms with Crippen molar-refractivity contribution in [3.8, 4) is 5.75 Å². The molecule has 0 saturated heterocycles. The second-order valence-electron chi connectivity index (χ2n) is 6.21. The van der Waals surface area contributed by atoms with Crippen LogP contribution in [0, 0.1) is 5.92 Å². The van der Waals surface area contributed by atoms with Gasteiger partial charge in [0.25, 0.3) is 0 Å². The molecule has 4 nitrogen and oxygen atoms in total. The average molecular weight is 304 g/mol. The Morgan fingerprint density at radius 3 is 2.59 bits per heavy atom. The number of hydrogen-bond acceptors (Lipinski definition) is 2. The predicted molar refractivity (Wildman–Crippen MR) is 89.1 cm³/mol. The second kappa shape index (κ2) is 8.06. The number of carbonyl (C=O) groups is 1. The van der Waals surface area contributed by atoms with Gasteiger partial charge in [-0.05, 0) is 50.3 Å². The summed E-state index contributed by atoms with van der Waals surface area (Å²) >= 11 is 0. The Hall–Kier alpha value is -1.71. The van der Waals surface area contributed by atoms with Crippen LogP contribution in [0.5, 0.6) is 5.75 Å². The fourth-order valence-electron chi connectivity index (χ4n) is 3.04. The predicted octanol–water partition coefficient (Wildman–Crippen LogP) is 4.02. The molecule has 0 aliphatic heterocycles. The lowest BCUT2D eigenvalue weighted by Gasteiger charge is -2.30. The molecule has 0 aromatic heterocycles. The molecule has 0 bridgehead atoms. The summed E-state index contributed by atoms with van der Waals surface area (Å²) in [6.45, 7) is 6.85. The van der Waals surface area contributed by atoms with Crippen LogP contribution in [0.4, 0.5) is 4.79 Å². The molecule has 1 aromatic rings. The van der Waals surface area contributed by atoms with Gasteiger partial charge in [0.05, 0.1) is 12.6 Å². The lowest BCUT2D eigenvalue weighted by atomic mass is 9.86. The first-order chi connectivity index (χ1) is 10.6. The summed E-state index contributed by atoms with van der Waals surface area (Å²) in [6.07, 6.45) is 4.79. The minimum Gasteiger partial charge on any atom is -0.494 e. The quantitative estimate of drug-likeness (QED) is 0.863. The maximum Gasteiger partial charge on any atom is 0.315 e. The molecule has 122 valence electrons. The molecule has 1 aliphatic carbocycles. The molecule has 1 aliphatic rings. The van der Waals surface area contributed by atoms with Crippen molar-refractivity contribution in [3.63, 3.8) is 0 Å². The molecule has 2 N–H and O–H groups in total. The molecule has 0 heterocycles. The summed E-state index contributed by atoms with van der Waals surface area (Å²) in [5.74, 6) is 1.43. The van der Waals surface area contributed by atoms with Crippen LogP contribution in [0.15, 0.2) is 24.3 Å². The van der Waals surface area contributed by atoms with Crippen LogP contribution in [0.1, 0.15) is 58.1 Å². The van der Waals surface area contributed by atoms with Crippen LogP contribution in [-0.2, 0) is 0 Å². The van der Waals surface area contributed by atoms with Gasteiger partial charge in [-0.25, -0.2) is 4.79 Å². The van der Waals surface area contributed by atoms with E-state index in [1.807, 2.05) is 38.1 Å². The highest BCUT2D eigenvalue weighted by molar-refractivity contribution is 5.74. The van der Waals surface area contributed by atoms with E-state index in [2.05, 4.69) is 17.6 Å². The van der Waals surface area contributed by atoms with E-state index in [1.165, 1.54) is 19.3 Å². The van der Waals surface area contributed by atoms with Gasteiger partial charge in [-0.15, -0.1) is 0 Å². The van der Waals surface area contributed by atoms with E-state index >= 15 is 0 Å². The van der Waals surface area contributed by atoms with E-state index in [9.17, 15) is 4.79 Å². The number of ether oxygens (including phenoxy) is 1. The van der Waals surface area contributed by atoms with E-state index in [0.29, 0.717) is 18.6 Å². The first kappa shape index (κ1) is 16.7. The molecule has 0 radical (unpaired) electrons. The monoisotopic (exact) mass is 304 g/mol. The Bertz CT molecular complexity index is 472. The maximum absolute atomic E-state index is 12.2. The second-order valence-corrected chi connectivity index (χ2v) is 6.21. The van der Waals surface area contributed by atoms with E-state index in [4.69, 9.17) is 4.74 Å². The van der Waals surface area contributed by atoms with Crippen LogP contribution in [0.2, 0.25) is 0 Å². The van der Waals surface area contributed by atoms with E-state index in [-0.39, 0.29) is 12.1 Å². The van der Waals surface area contributed by atoms with Gasteiger partial charge in [0, 0.05) is 6.04 Å². The van der Waals surface area contributed by atoms with Gasteiger partial charge in [0.15, 0.2) is 0 Å². The van der Waals surface area contributed by atoms with Gasteiger partial charge >= 0.3 is 6.03 Å². The van der Waals surface area contributed by atoms with Gasteiger partial charge < -0.3 is 15.4 Å². The zero-order chi connectivity index (χ0) is 15.9. The van der Waals surface area contributed by atoms with Crippen LogP contribution in [0.3, 0.4) is 0 Å². The first-order valence-electron chi connectivity index (χ1n) is 8.40. The number of hydrogen-bond donors (Lipinski definition) is 2. The Morgan fingerprint density at radius 2 is 1.95 bits per heavy atom. The zero-order valence-electron chi connectivity index (χ0n) is 13.9. The van der Waals surface area contributed by atoms with Crippen molar-refractivity contribution in [1.82, 2.24) is 10.6 Å². The van der Waals surface area contributed by atoms with Crippen molar-refractivity contribution >= 4 is 6.03 Å². The smallest absolute Gasteiger partial charge is 0.315 e. The standard InChI is InChI=1S/C18H28N2O2/c1-4-22-16-11-9-15(10-12-16)14(3)19-18(21)20-17-8-6-5-7-13(17)2/h9-14,17H,4-8H2,1-3H3,(H2,19,20,21)/t13-,14-,17-/m0/s1. The molecule has 0 unspecified atom stereocenters. The van der Waals surface area contributed by atoms with Crippen molar-refractivity contribution in [2.24, 2.45) is 5.92 Å². The third kappa shape index (κ3) is 4.65. The molecule has 1 fully saturated rings. The van der Waals surface area contributed by atoms with Gasteiger partial charge in [0.1, 0.15) is 5.75 Å². The topological polar surface area (TPSA) is 50.4 Å². The summed E-state index contributed by atoms with van der Waals surface area (Å²) in [5, 5.41) is 6.15. The minimum atomic E-state index is -0.0693. The van der Waals surface area contributed by atoms with Crippen LogP contribution in [-0.4, -0.2) is 18.7 Å². The van der Waals surface area contributed by atoms with Gasteiger partial charge in [-0.2, -0.15) is 0 Å². The van der Waals surface area contributed by atoms with E-state index < -0.39 is 0 Å². The van der Waals surface area contributed by atoms with Gasteiger partial charge in [-0.3, -0.25) is 0 Å². The lowest BCUT2D eigenvalue weighted by molar-refractivity contribution is 0.219. The number of nitrogens with one attached hydrogen (secondary N) is 2. The normalized spacial score (nSPS) is 22.7. The highest BCUT2D eigenvalue weighted by Gasteiger charge is 2.23. The van der Waals surface area contributed by atoms with Crippen LogP contribution in [0.25, 0.3) is 0 Å². The Morgan fingerprint density at radius 1 is 1.27 bits per heavy atom. The summed E-state index contributed by atoms with van der Waals surface area (Å²) in [7, 11) is 0. The van der Waals surface area contributed by atoms with E-state index in [1.54, 1.807) is 0 Å². The molecule has 1 aromatic carbocycles. The van der Waals surface area contributed by atoms with Gasteiger partial charge in [-0.1, -0.05) is 31.9 Å². The number of urea groups is 1. The summed E-state index contributed by atoms with van der Waals surface area (Å²) < 4.78 is 5.43. The molecular formula is C18H28N2O2. The van der Waals surface area contributed by atoms with Crippen molar-refractivity contribution < 1.29 is 9.53 Å². The molecule has 2 amide bonds. The minimum absolute atomic E-state index is 0.0189. The molecular weight excluding hydrogens is 276 g/mol. The maximum atomic E-state index is 12.2. The highest BCUT2D eigenvalue weighted by atomic mass is 16.5. The van der Waals surface area contributed by atoms with Crippen LogP contribution >= 0.6 is 0 Å². The van der Waals surface area contributed by atoms with Crippen molar-refractivity contribution in [3.05, 3.63) is 29.8 Å². The fraction of sp³-hybridized carbons (Fsp3) is 0.611. The first-order valence-corrected chi connectivity index (χ1v) is 8.40. The molecule has 22 heavy (non-hydrogen) atoms. The van der Waals surface area contributed by atoms with E-state index in [0.717, 1.165) is 17.7 Å². The summed E-state index contributed by atoms with van der Waals surface area (Å²) in [5.41, 5.74) is 1.08. The Balaban J connectivity index is 1.84. The number of carbonyl (C=O) groups excluding carboxylic acids is 1. The molecule has 0 spiro atoms. The average Bonchev–Trinajstić information content (AvgIpc) is 2.50. The van der Waals surface area contributed by atoms with Crippen LogP contribution < -0.4 is 15.4 Å². The molecule has 4 heteroatoms. The highest BCUT2D eigenvalue weighted by Crippen LogP contribution is 2.24. The number of benzene rings is 1. The van der Waals surface area contributed by atoms with Crippen molar-refractivity contribution in [2.75, 3.05) is 6.61 Å². The lowest BCUT2D eigenvalue weighted by Crippen LogP contribution is -2.46. The third-order valence-corrected chi connectivity index (χ3v) is 4.47. The zero-order valence-corrected chi connectivity index (χ0v) is 13.9. The third-order valence-electron chi connectivity index (χ3n) is 4.47. The number of rotatable bonds is 5. The SMILES string of the molecule is CCOc1ccc([C@H](C)NC(=O)N[C@H]2CCCC[C@@H]2C)cc1. The molecule has 1 saturated carbocycles. The molecule has 3 atom stereocenters. The Labute approximate surface area is 133 Å². The molecule has 2 rings (SSSR count). The Kier molecular flexibility index (Phi) is 6.10. The summed E-state index contributed by atoms with van der Waals surface area (Å²) in [4.78, 5) is 12.2. The van der Waals surface area contributed by atoms with Crippen molar-refractivity contribution in [1.29, 1.82) is 0 Å². The van der Waals surface area contributed by atoms with Gasteiger partial charge in [0.2, 0.25) is 0 Å². The summed E-state index contributed by atoms with van der Waals surface area (Å²) in [6, 6.07) is 8.10. The van der Waals surface area contributed by atoms with Crippen molar-refractivity contribution in [2.45, 2.75) is 58.5 Å².